The van der Waals surface area contributed by atoms with E-state index in [4.69, 9.17) is 45.2 Å². The summed E-state index contributed by atoms with van der Waals surface area (Å²) in [7, 11) is 0. The highest BCUT2D eigenvalue weighted by Gasteiger charge is 2.19. The zero-order valence-electron chi connectivity index (χ0n) is 111. The number of rotatable bonds is 21. The second-order valence-corrected chi connectivity index (χ2v) is 32.1. The molecule has 20 rings (SSSR count). The number of carbonyl (C=O) groups is 4. The Bertz CT molecular complexity index is 10100. The molecule has 0 atom stereocenters. The lowest BCUT2D eigenvalue weighted by Gasteiger charge is -2.13. The van der Waals surface area contributed by atoms with E-state index < -0.39 is 147 Å². The molecule has 20 aromatic rings. The average molecular weight is 1930 g/mol. The summed E-state index contributed by atoms with van der Waals surface area (Å²) in [5.41, 5.74) is 9.03. The molecule has 0 radical (unpaired) electrons. The number of carbonyl (C=O) groups excluding carboxylic acids is 4. The standard InChI is InChI=1S/2C29H26N6O.2C28H25N7O/c2*1-19-9-12-35(18-19)25-14-20(2)13-24(16-25)32-28(36)22-7-6-21(3)27(15-22)34-29-31-11-8-26(33-29)23-5-4-10-30-17-23;2*1-18-11-23(14-24(12-18)35-16-20(3)31-17-35)32-27(36)21-7-6-19(2)26(13-21)34-28-30-10-8-25(33-28)22-5-4-9-29-15-22/h2*4-18H,1-3H3,(H,32,36)(H,31,33,34);2*4-17H,1-3H3,(H,32,36)(H,30,33,34)/i3D3,4D,5D,8D,10D,11D,12D,17D,18D;13D,14D,16D;2D3,4D,5D,8D,9D,10D,15D,16D,17D;4D,5D,8D,9D,10D,15D,16D,17D. The lowest BCUT2D eigenvalue weighted by molar-refractivity contribution is 0.101. The number of benzene rings is 8. The molecule has 0 aliphatic heterocycles. The molecular formula is C114H102N26O4. The number of H-pyrrole nitrogens is 3. The topological polar surface area (TPSA) is 374 Å². The first-order valence-corrected chi connectivity index (χ1v) is 43.7. The molecule has 0 aliphatic rings. The van der Waals surface area contributed by atoms with Crippen LogP contribution in [-0.4, -0.2) is 112 Å². The third kappa shape index (κ3) is 25.2. The van der Waals surface area contributed by atoms with E-state index in [-0.39, 0.29) is 151 Å². The van der Waals surface area contributed by atoms with Crippen LogP contribution in [0.4, 0.5) is 51.4 Å². The van der Waals surface area contributed by atoms with E-state index in [1.54, 1.807) is 175 Å². The molecule has 30 nitrogen and oxygen atoms in total. The molecule has 12 heterocycles. The number of imidazole rings is 2. The Morgan fingerprint density at radius 1 is 0.368 bits per heavy atom. The number of aromatic nitrogens is 18. The van der Waals surface area contributed by atoms with Crippen LogP contribution in [0.25, 0.3) is 67.8 Å². The van der Waals surface area contributed by atoms with Crippen molar-refractivity contribution in [1.82, 2.24) is 88.0 Å². The number of amides is 4. The van der Waals surface area contributed by atoms with Crippen LogP contribution in [0, 0.1) is 82.9 Å². The van der Waals surface area contributed by atoms with Gasteiger partial charge in [0.15, 0.2) is 0 Å². The second-order valence-electron chi connectivity index (χ2n) is 32.1. The lowest BCUT2D eigenvalue weighted by Crippen LogP contribution is -2.14. The number of hydrogen-bond acceptors (Lipinski definition) is 19. The maximum absolute atomic E-state index is 13.4. The van der Waals surface area contributed by atoms with Gasteiger partial charge < -0.3 is 59.8 Å². The maximum Gasteiger partial charge on any atom is 0.255 e. The van der Waals surface area contributed by atoms with Gasteiger partial charge in [-0.3, -0.25) is 39.1 Å². The van der Waals surface area contributed by atoms with Gasteiger partial charge in [0.05, 0.1) is 98.1 Å². The van der Waals surface area contributed by atoms with E-state index in [9.17, 15) is 19.2 Å². The summed E-state index contributed by atoms with van der Waals surface area (Å²) in [6, 6.07) is 36.6. The van der Waals surface area contributed by atoms with Crippen molar-refractivity contribution < 1.29 is 64.4 Å². The van der Waals surface area contributed by atoms with Crippen LogP contribution >= 0.6 is 0 Å². The van der Waals surface area contributed by atoms with Crippen molar-refractivity contribution in [3.8, 4) is 67.8 Å². The van der Waals surface area contributed by atoms with Gasteiger partial charge in [-0.1, -0.05) is 24.3 Å². The fourth-order valence-electron chi connectivity index (χ4n) is 13.9. The molecule has 0 saturated carbocycles. The van der Waals surface area contributed by atoms with Gasteiger partial charge in [0.1, 0.15) is 2.74 Å². The van der Waals surface area contributed by atoms with Gasteiger partial charge in [-0.25, -0.2) is 49.9 Å². The number of hydrogen-bond donors (Lipinski definition) is 8. The summed E-state index contributed by atoms with van der Waals surface area (Å²) in [5, 5.41) is 14.3. The highest BCUT2D eigenvalue weighted by atomic mass is 16.2. The number of aryl methyl sites for hydroxylation is 11. The Morgan fingerprint density at radius 3 is 1.26 bits per heavy atom. The molecule has 712 valence electrons. The summed E-state index contributed by atoms with van der Waals surface area (Å²) in [6.07, 6.45) is 3.49. The summed E-state index contributed by atoms with van der Waals surface area (Å²) in [5.74, 6) is -1.83. The molecule has 0 bridgehead atoms. The molecule has 12 aromatic heterocycles. The van der Waals surface area contributed by atoms with Gasteiger partial charge in [-0.2, -0.15) is 0 Å². The van der Waals surface area contributed by atoms with Gasteiger partial charge in [0, 0.05) is 215 Å². The van der Waals surface area contributed by atoms with Gasteiger partial charge in [-0.05, 0) is 345 Å². The minimum Gasteiger partial charge on any atom is -0.324 e. The minimum atomic E-state index is -2.69. The van der Waals surface area contributed by atoms with Crippen LogP contribution in [-0.2, 0) is 0 Å². The van der Waals surface area contributed by atoms with Crippen molar-refractivity contribution in [2.45, 2.75) is 82.9 Å². The van der Waals surface area contributed by atoms with Crippen molar-refractivity contribution >= 4 is 75.1 Å². The molecule has 8 aromatic carbocycles. The van der Waals surface area contributed by atoms with Crippen LogP contribution in [0.1, 0.15) is 154 Å². The summed E-state index contributed by atoms with van der Waals surface area (Å²) < 4.78 is 274. The number of nitrogens with one attached hydrogen (secondary N) is 8. The Hall–Kier alpha value is -19.3. The van der Waals surface area contributed by atoms with E-state index in [1.165, 1.54) is 56.2 Å². The fourth-order valence-corrected chi connectivity index (χ4v) is 13.9. The van der Waals surface area contributed by atoms with E-state index in [0.29, 0.717) is 96.5 Å². The predicted molar refractivity (Wildman–Crippen MR) is 563 cm³/mol. The van der Waals surface area contributed by atoms with Gasteiger partial charge in [0.25, 0.3) is 23.6 Å². The quantitative estimate of drug-likeness (QED) is 0.0331. The van der Waals surface area contributed by atoms with Gasteiger partial charge in [-0.15, -0.1) is 0 Å². The number of anilines is 6. The fraction of sp³-hybridized carbons (Fsp3) is 0.105. The summed E-state index contributed by atoms with van der Waals surface area (Å²) >= 11 is 0. The normalized spacial score (nSPS) is 14.7. The minimum absolute atomic E-state index is 0.0000426. The predicted octanol–water partition coefficient (Wildman–Crippen LogP) is 22.1. The van der Waals surface area contributed by atoms with Crippen LogP contribution in [0.3, 0.4) is 0 Å². The zero-order valence-corrected chi connectivity index (χ0v) is 78.1. The van der Waals surface area contributed by atoms with E-state index >= 15 is 0 Å². The van der Waals surface area contributed by atoms with Gasteiger partial charge in [0.2, 0.25) is 22.8 Å². The number of aromatic amines is 3. The maximum atomic E-state index is 13.4. The highest BCUT2D eigenvalue weighted by Crippen LogP contribution is 2.31. The molecule has 30 heteroatoms. The van der Waals surface area contributed by atoms with Gasteiger partial charge >= 0.3 is 0 Å². The molecular weight excluding hydrogens is 1800 g/mol. The van der Waals surface area contributed by atoms with Crippen molar-refractivity contribution in [2.75, 3.05) is 26.6 Å². The third-order valence-electron chi connectivity index (χ3n) is 20.7. The molecule has 0 spiro atoms. The van der Waals surface area contributed by atoms with Crippen molar-refractivity contribution in [2.24, 2.45) is 15.0 Å². The monoisotopic (exact) mass is 1930 g/mol. The van der Waals surface area contributed by atoms with E-state index in [0.717, 1.165) is 33.4 Å². The molecule has 0 fully saturated rings. The Morgan fingerprint density at radius 2 is 0.826 bits per heavy atom. The number of nitrogens with zero attached hydrogens (tertiary/aromatic N) is 18. The second kappa shape index (κ2) is 44.5. The van der Waals surface area contributed by atoms with E-state index in [2.05, 4.69) is 111 Å². The molecule has 0 unspecified atom stereocenters. The molecule has 0 aliphatic carbocycles. The highest BCUT2D eigenvalue weighted by molar-refractivity contribution is 6.07. The first kappa shape index (κ1) is 63.3. The van der Waals surface area contributed by atoms with Crippen LogP contribution in [0.15, 0.2) is 369 Å². The van der Waals surface area contributed by atoms with Crippen LogP contribution < -0.4 is 43.4 Å². The third-order valence-corrected chi connectivity index (χ3v) is 20.7. The Labute approximate surface area is 877 Å². The first-order valence-electron chi connectivity index (χ1n) is 60.2. The van der Waals surface area contributed by atoms with Crippen molar-refractivity contribution in [1.29, 1.82) is 0 Å². The summed E-state index contributed by atoms with van der Waals surface area (Å²) in [4.78, 5) is 118. The largest absolute Gasteiger partial charge is 0.324 e. The lowest BCUT2D eigenvalue weighted by atomic mass is 10.1. The molecule has 4 amide bonds. The Balaban J connectivity index is 0.000000156. The Kier molecular flexibility index (Phi) is 19.5. The SMILES string of the molecule is [2H]c1c(C)c([2H])c(-n2ccc(C)c2)c([2H])c1NC(=O)c1ccc(C)c(Nc2nccc(-c3cccnc3)n2)c1.[2H]c1nc(=Nc2cc(C(=O)Nc3cc(C)cc(-n4c([2H])cc(C)c4[2H])c3)ccc2C([2H])([2H])[2H])[nH]c(-c2c([2H])nc([2H])c([2H])c2[2H])c1[2H].[2H]c1nc(=Nc2cc(C(=O)Nc3cc(C)cc(-n4c([2H])nc(C)c4[2H])c3)ccc2C([2H])([2H])[2H])[nH]c(-c2c([2H])nc([2H])c([2H])c2[2H])c1[2H].[2H]c1nc(=Nc2cc(C(=O)Nc3cc(C)cc(-n4c([2H])nc(C)c4[2H])c3)ccc2C)[nH]c(-c2c([2H])nc([2H])c([2H])c2[2H])c1[2H]. The van der Waals surface area contributed by atoms with E-state index in [1.807, 2.05) is 45.2 Å². The molecule has 0 saturated heterocycles. The smallest absolute Gasteiger partial charge is 0.255 e. The first-order chi connectivity index (χ1) is 83.4. The number of pyridine rings is 4. The zero-order chi connectivity index (χ0) is 129. The average Bonchev–Trinajstić information content (AvgIpc) is 1.73. The van der Waals surface area contributed by atoms with Crippen molar-refractivity contribution in [3.63, 3.8) is 0 Å². The molecule has 144 heavy (non-hydrogen) atoms. The van der Waals surface area contributed by atoms with Crippen LogP contribution in [0.2, 0.25) is 0 Å². The van der Waals surface area contributed by atoms with Crippen LogP contribution in [0.5, 0.6) is 0 Å². The molecule has 8 N–H and O–H groups in total. The van der Waals surface area contributed by atoms with Crippen molar-refractivity contribution in [3.05, 3.63) is 460 Å². The summed E-state index contributed by atoms with van der Waals surface area (Å²) in [6.45, 7) is 12.2.